The Balaban J connectivity index is 1.80. The van der Waals surface area contributed by atoms with Gasteiger partial charge in [-0.2, -0.15) is 5.26 Å². The number of aromatic nitrogens is 3. The van der Waals surface area contributed by atoms with E-state index in [0.29, 0.717) is 11.1 Å². The fraction of sp³-hybridized carbons (Fsp3) is 0.226. The highest BCUT2D eigenvalue weighted by atomic mass is 16.2. The monoisotopic (exact) mass is 503 g/mol. The number of carbonyl (C=O) groups is 2. The Kier molecular flexibility index (Phi) is 6.12. The molecule has 0 unspecified atom stereocenters. The predicted molar refractivity (Wildman–Crippen MR) is 148 cm³/mol. The van der Waals surface area contributed by atoms with E-state index >= 15 is 0 Å². The second-order valence-electron chi connectivity index (χ2n) is 9.74. The van der Waals surface area contributed by atoms with Crippen molar-refractivity contribution >= 4 is 29.1 Å². The number of hydrogen-bond acceptors (Lipinski definition) is 4. The van der Waals surface area contributed by atoms with E-state index in [2.05, 4.69) is 37.5 Å². The number of benzene rings is 2. The molecule has 38 heavy (non-hydrogen) atoms. The molecule has 7 nitrogen and oxygen atoms in total. The first-order valence-corrected chi connectivity index (χ1v) is 12.6. The second-order valence-corrected chi connectivity index (χ2v) is 9.74. The van der Waals surface area contributed by atoms with Gasteiger partial charge >= 0.3 is 0 Å². The van der Waals surface area contributed by atoms with Crippen molar-refractivity contribution in [3.63, 3.8) is 0 Å². The molecule has 1 aliphatic heterocycles. The van der Waals surface area contributed by atoms with Crippen LogP contribution in [0.25, 0.3) is 34.3 Å². The molecular weight excluding hydrogens is 474 g/mol. The number of likely N-dealkylation sites (N-methyl/N-ethyl adjacent to an activating group) is 1. The predicted octanol–water partition coefficient (Wildman–Crippen LogP) is 5.57. The summed E-state index contributed by atoms with van der Waals surface area (Å²) >= 11 is 0. The van der Waals surface area contributed by atoms with Gasteiger partial charge in [-0.25, -0.2) is 4.98 Å². The van der Waals surface area contributed by atoms with Crippen molar-refractivity contribution in [2.24, 2.45) is 7.05 Å². The molecule has 0 aliphatic carbocycles. The van der Waals surface area contributed by atoms with Crippen LogP contribution >= 0.6 is 0 Å². The van der Waals surface area contributed by atoms with Crippen LogP contribution in [0.3, 0.4) is 0 Å². The number of para-hydroxylation sites is 1. The van der Waals surface area contributed by atoms with Crippen LogP contribution in [0.2, 0.25) is 0 Å². The fourth-order valence-corrected chi connectivity index (χ4v) is 5.43. The maximum Gasteiger partial charge on any atom is 0.271 e. The first-order chi connectivity index (χ1) is 18.2. The highest BCUT2D eigenvalue weighted by Crippen LogP contribution is 2.34. The van der Waals surface area contributed by atoms with Gasteiger partial charge in [-0.05, 0) is 75.6 Å². The largest absolute Gasteiger partial charge is 0.326 e. The van der Waals surface area contributed by atoms with Gasteiger partial charge in [-0.3, -0.25) is 19.1 Å². The van der Waals surface area contributed by atoms with E-state index in [-0.39, 0.29) is 12.1 Å². The van der Waals surface area contributed by atoms with Gasteiger partial charge < -0.3 is 4.57 Å². The molecule has 0 atom stereocenters. The maximum atomic E-state index is 13.3. The summed E-state index contributed by atoms with van der Waals surface area (Å²) in [4.78, 5) is 32.2. The molecule has 5 rings (SSSR count). The van der Waals surface area contributed by atoms with Crippen LogP contribution in [0.1, 0.15) is 36.2 Å². The van der Waals surface area contributed by atoms with Crippen LogP contribution in [0.15, 0.2) is 65.3 Å². The Bertz CT molecular complexity index is 1720. The molecular formula is C31H29N5O2. The van der Waals surface area contributed by atoms with Crippen LogP contribution in [0.5, 0.6) is 0 Å². The van der Waals surface area contributed by atoms with Crippen molar-refractivity contribution in [1.82, 2.24) is 19.0 Å². The number of rotatable bonds is 4. The topological polar surface area (TPSA) is 83.9 Å². The summed E-state index contributed by atoms with van der Waals surface area (Å²) in [6.07, 6.45) is 1.76. The van der Waals surface area contributed by atoms with Gasteiger partial charge in [0.2, 0.25) is 0 Å². The lowest BCUT2D eigenvalue weighted by Crippen LogP contribution is -2.42. The molecule has 0 saturated heterocycles. The van der Waals surface area contributed by atoms with Gasteiger partial charge in [-0.15, -0.1) is 0 Å². The summed E-state index contributed by atoms with van der Waals surface area (Å²) < 4.78 is 4.10. The molecule has 0 N–H and O–H groups in total. The first kappa shape index (κ1) is 25.0. The minimum Gasteiger partial charge on any atom is -0.326 e. The third-order valence-electron chi connectivity index (χ3n) is 7.22. The van der Waals surface area contributed by atoms with Crippen LogP contribution in [-0.2, 0) is 16.6 Å². The van der Waals surface area contributed by atoms with E-state index in [9.17, 15) is 14.9 Å². The lowest BCUT2D eigenvalue weighted by Gasteiger charge is -2.26. The molecule has 2 aromatic heterocycles. The van der Waals surface area contributed by atoms with Crippen molar-refractivity contribution in [2.75, 3.05) is 6.54 Å². The van der Waals surface area contributed by atoms with Gasteiger partial charge in [0.15, 0.2) is 5.65 Å². The molecule has 4 aromatic rings. The number of imide groups is 1. The number of aryl methyl sites for hydroxylation is 4. The molecule has 190 valence electrons. The number of fused-ring (bicyclic) bond motifs is 1. The zero-order chi connectivity index (χ0) is 27.3. The highest BCUT2D eigenvalue weighted by molar-refractivity contribution is 6.19. The Morgan fingerprint density at radius 2 is 1.63 bits per heavy atom. The molecule has 1 aliphatic rings. The van der Waals surface area contributed by atoms with Crippen LogP contribution in [-0.4, -0.2) is 37.4 Å². The zero-order valence-corrected chi connectivity index (χ0v) is 22.5. The second kappa shape index (κ2) is 9.31. The van der Waals surface area contributed by atoms with Gasteiger partial charge in [0, 0.05) is 30.4 Å². The summed E-state index contributed by atoms with van der Waals surface area (Å²) in [7, 11) is 2.00. The lowest BCUT2D eigenvalue weighted by atomic mass is 9.94. The quantitative estimate of drug-likeness (QED) is 0.269. The van der Waals surface area contributed by atoms with Crippen LogP contribution in [0.4, 0.5) is 0 Å². The average Bonchev–Trinajstić information content (AvgIpc) is 3.38. The van der Waals surface area contributed by atoms with Crippen LogP contribution < -0.4 is 0 Å². The third kappa shape index (κ3) is 3.77. The number of carbonyl (C=O) groups excluding carboxylic acids is 2. The molecule has 0 radical (unpaired) electrons. The van der Waals surface area contributed by atoms with E-state index < -0.39 is 11.8 Å². The first-order valence-electron chi connectivity index (χ1n) is 12.6. The van der Waals surface area contributed by atoms with Gasteiger partial charge in [0.1, 0.15) is 17.5 Å². The third-order valence-corrected chi connectivity index (χ3v) is 7.22. The molecule has 0 saturated carbocycles. The number of amides is 2. The molecule has 7 heteroatoms. The summed E-state index contributed by atoms with van der Waals surface area (Å²) in [5, 5.41) is 9.65. The molecule has 0 spiro atoms. The lowest BCUT2D eigenvalue weighted by molar-refractivity contribution is -0.140. The Morgan fingerprint density at radius 1 is 0.974 bits per heavy atom. The minimum absolute atomic E-state index is 0.00851. The summed E-state index contributed by atoms with van der Waals surface area (Å²) in [5.74, 6) is -0.0833. The van der Waals surface area contributed by atoms with E-state index in [1.54, 1.807) is 19.9 Å². The zero-order valence-electron chi connectivity index (χ0n) is 22.5. The highest BCUT2D eigenvalue weighted by Gasteiger charge is 2.34. The van der Waals surface area contributed by atoms with E-state index in [1.165, 1.54) is 5.56 Å². The molecule has 0 bridgehead atoms. The normalized spacial score (nSPS) is 15.2. The molecule has 2 amide bonds. The summed E-state index contributed by atoms with van der Waals surface area (Å²) in [5.41, 5.74) is 8.63. The average molecular weight is 504 g/mol. The number of hydrogen-bond donors (Lipinski definition) is 0. The number of nitriles is 1. The van der Waals surface area contributed by atoms with Crippen molar-refractivity contribution in [3.05, 3.63) is 87.6 Å². The van der Waals surface area contributed by atoms with Crippen molar-refractivity contribution in [1.29, 1.82) is 5.26 Å². The van der Waals surface area contributed by atoms with Crippen LogP contribution in [0, 0.1) is 32.1 Å². The SMILES string of the molecule is CCN1C(=O)C(C#N)=C(C)/C(=C/c2cc3c(nc(-c4c(C)cc(C)cc4C)n3C)n2-c2ccccc2)C1=O. The fourth-order valence-electron chi connectivity index (χ4n) is 5.43. The summed E-state index contributed by atoms with van der Waals surface area (Å²) in [6.45, 7) is 9.87. The molecule has 2 aromatic carbocycles. The van der Waals surface area contributed by atoms with E-state index in [4.69, 9.17) is 4.98 Å². The van der Waals surface area contributed by atoms with Crippen molar-refractivity contribution in [2.45, 2.75) is 34.6 Å². The molecule has 3 heterocycles. The minimum atomic E-state index is -0.548. The maximum absolute atomic E-state index is 13.3. The summed E-state index contributed by atoms with van der Waals surface area (Å²) in [6, 6.07) is 18.2. The Hall–Kier alpha value is -4.70. The standard InChI is InChI=1S/C31H29N5O2/c1-7-35-30(37)24(21(5)25(17-32)31(35)38)15-23-16-26-28(36(23)22-11-9-8-10-12-22)33-29(34(26)6)27-19(3)13-18(2)14-20(27)4/h8-16H,7H2,1-6H3/b24-15-. The molecule has 0 fully saturated rings. The Morgan fingerprint density at radius 3 is 2.24 bits per heavy atom. The smallest absolute Gasteiger partial charge is 0.271 e. The van der Waals surface area contributed by atoms with E-state index in [1.807, 2.05) is 54.1 Å². The van der Waals surface area contributed by atoms with Gasteiger partial charge in [0.25, 0.3) is 11.8 Å². The van der Waals surface area contributed by atoms with Crippen molar-refractivity contribution < 1.29 is 9.59 Å². The van der Waals surface area contributed by atoms with E-state index in [0.717, 1.165) is 50.0 Å². The number of nitrogens with zero attached hydrogens (tertiary/aromatic N) is 5. The van der Waals surface area contributed by atoms with Gasteiger partial charge in [-0.1, -0.05) is 35.9 Å². The van der Waals surface area contributed by atoms with Gasteiger partial charge in [0.05, 0.1) is 11.2 Å². The number of imidazole rings is 1. The van der Waals surface area contributed by atoms with Crippen molar-refractivity contribution in [3.8, 4) is 23.1 Å². The Labute approximate surface area is 221 Å².